The van der Waals surface area contributed by atoms with Crippen molar-refractivity contribution in [2.24, 2.45) is 0 Å². The van der Waals surface area contributed by atoms with Crippen LogP contribution in [0.25, 0.3) is 0 Å². The molecule has 1 heterocycles. The van der Waals surface area contributed by atoms with Gasteiger partial charge in [-0.2, -0.15) is 0 Å². The summed E-state index contributed by atoms with van der Waals surface area (Å²) in [5.41, 5.74) is 2.19. The normalized spacial score (nSPS) is 21.2. The van der Waals surface area contributed by atoms with E-state index >= 15 is 0 Å². The van der Waals surface area contributed by atoms with Crippen LogP contribution in [0, 0.1) is 12.7 Å². The van der Waals surface area contributed by atoms with Crippen LogP contribution in [0.3, 0.4) is 0 Å². The first kappa shape index (κ1) is 11.4. The Morgan fingerprint density at radius 2 is 2.31 bits per heavy atom. The molecule has 0 spiro atoms. The van der Waals surface area contributed by atoms with E-state index in [1.54, 1.807) is 12.1 Å². The van der Waals surface area contributed by atoms with Crippen molar-refractivity contribution >= 4 is 5.69 Å². The molecule has 88 valence electrons. The summed E-state index contributed by atoms with van der Waals surface area (Å²) in [6, 6.07) is 5.60. The Morgan fingerprint density at radius 1 is 1.50 bits per heavy atom. The number of nitrogens with one attached hydrogen (secondary N) is 1. The molecular weight excluding hydrogens is 203 g/mol. The van der Waals surface area contributed by atoms with Crippen molar-refractivity contribution in [1.82, 2.24) is 5.32 Å². The van der Waals surface area contributed by atoms with Gasteiger partial charge < -0.3 is 10.2 Å². The predicted octanol–water partition coefficient (Wildman–Crippen LogP) is 2.32. The topological polar surface area (TPSA) is 15.3 Å². The smallest absolute Gasteiger partial charge is 0.123 e. The number of aryl methyl sites for hydroxylation is 1. The van der Waals surface area contributed by atoms with Gasteiger partial charge in [0.1, 0.15) is 5.82 Å². The Kier molecular flexibility index (Phi) is 3.44. The van der Waals surface area contributed by atoms with E-state index in [1.165, 1.54) is 5.69 Å². The fraction of sp³-hybridized carbons (Fsp3) is 0.538. The zero-order chi connectivity index (χ0) is 11.5. The van der Waals surface area contributed by atoms with Gasteiger partial charge in [-0.3, -0.25) is 0 Å². The van der Waals surface area contributed by atoms with Crippen molar-refractivity contribution in [2.45, 2.75) is 26.3 Å². The van der Waals surface area contributed by atoms with Crippen LogP contribution < -0.4 is 10.2 Å². The molecule has 1 unspecified atom stereocenters. The molecule has 2 rings (SSSR count). The van der Waals surface area contributed by atoms with Gasteiger partial charge in [0.15, 0.2) is 0 Å². The minimum Gasteiger partial charge on any atom is -0.368 e. The number of anilines is 1. The lowest BCUT2D eigenvalue weighted by Gasteiger charge is -2.35. The highest BCUT2D eigenvalue weighted by Crippen LogP contribution is 2.22. The fourth-order valence-electron chi connectivity index (χ4n) is 2.29. The summed E-state index contributed by atoms with van der Waals surface area (Å²) in [7, 11) is 0. The first-order valence-electron chi connectivity index (χ1n) is 5.95. The molecule has 1 aromatic carbocycles. The van der Waals surface area contributed by atoms with Gasteiger partial charge in [0.25, 0.3) is 0 Å². The molecular formula is C13H19FN2. The van der Waals surface area contributed by atoms with Gasteiger partial charge in [0.05, 0.1) is 0 Å². The Morgan fingerprint density at radius 3 is 3.00 bits per heavy atom. The lowest BCUT2D eigenvalue weighted by atomic mass is 10.1. The maximum absolute atomic E-state index is 13.0. The van der Waals surface area contributed by atoms with E-state index < -0.39 is 0 Å². The summed E-state index contributed by atoms with van der Waals surface area (Å²) in [5, 5.41) is 3.48. The van der Waals surface area contributed by atoms with Gasteiger partial charge in [-0.05, 0) is 37.1 Å². The van der Waals surface area contributed by atoms with Crippen molar-refractivity contribution in [2.75, 3.05) is 24.5 Å². The molecule has 3 heteroatoms. The minimum absolute atomic E-state index is 0.150. The van der Waals surface area contributed by atoms with Crippen LogP contribution in [0.15, 0.2) is 18.2 Å². The molecule has 1 atom stereocenters. The molecule has 0 amide bonds. The first-order valence-corrected chi connectivity index (χ1v) is 5.95. The van der Waals surface area contributed by atoms with Crippen LogP contribution in [0.2, 0.25) is 0 Å². The average molecular weight is 222 g/mol. The predicted molar refractivity (Wildman–Crippen MR) is 65.4 cm³/mol. The second kappa shape index (κ2) is 4.83. The summed E-state index contributed by atoms with van der Waals surface area (Å²) in [5.74, 6) is -0.150. The zero-order valence-electron chi connectivity index (χ0n) is 9.96. The number of halogens is 1. The van der Waals surface area contributed by atoms with E-state index in [1.807, 2.05) is 13.0 Å². The van der Waals surface area contributed by atoms with Crippen LogP contribution in [-0.4, -0.2) is 25.7 Å². The van der Waals surface area contributed by atoms with E-state index in [4.69, 9.17) is 0 Å². The van der Waals surface area contributed by atoms with Crippen molar-refractivity contribution in [3.05, 3.63) is 29.6 Å². The second-order valence-electron chi connectivity index (χ2n) is 4.44. The standard InChI is InChI=1S/C13H19FN2/c1-3-12-9-16(7-6-15-12)13-5-4-11(14)8-10(13)2/h4-5,8,12,15H,3,6-7,9H2,1-2H3. The molecule has 1 aromatic rings. The van der Waals surface area contributed by atoms with Crippen LogP contribution in [0.1, 0.15) is 18.9 Å². The molecule has 1 fully saturated rings. The number of hydrogen-bond donors (Lipinski definition) is 1. The Bertz CT molecular complexity index is 365. The number of benzene rings is 1. The van der Waals surface area contributed by atoms with Gasteiger partial charge in [0, 0.05) is 31.4 Å². The summed E-state index contributed by atoms with van der Waals surface area (Å²) in [6.45, 7) is 7.20. The molecule has 0 bridgehead atoms. The van der Waals surface area contributed by atoms with Gasteiger partial charge in [0.2, 0.25) is 0 Å². The van der Waals surface area contributed by atoms with Gasteiger partial charge in [-0.15, -0.1) is 0 Å². The highest BCUT2D eigenvalue weighted by molar-refractivity contribution is 5.53. The van der Waals surface area contributed by atoms with Crippen molar-refractivity contribution in [1.29, 1.82) is 0 Å². The highest BCUT2D eigenvalue weighted by atomic mass is 19.1. The molecule has 0 aliphatic carbocycles. The number of nitrogens with zero attached hydrogens (tertiary/aromatic N) is 1. The summed E-state index contributed by atoms with van der Waals surface area (Å²) in [4.78, 5) is 2.35. The maximum Gasteiger partial charge on any atom is 0.123 e. The zero-order valence-corrected chi connectivity index (χ0v) is 9.96. The van der Waals surface area contributed by atoms with Gasteiger partial charge in [-0.1, -0.05) is 6.92 Å². The van der Waals surface area contributed by atoms with Gasteiger partial charge >= 0.3 is 0 Å². The molecule has 1 aliphatic rings. The monoisotopic (exact) mass is 222 g/mol. The molecule has 1 saturated heterocycles. The SMILES string of the molecule is CCC1CN(c2ccc(F)cc2C)CCN1. The molecule has 2 nitrogen and oxygen atoms in total. The molecule has 0 saturated carbocycles. The van der Waals surface area contributed by atoms with E-state index in [9.17, 15) is 4.39 Å². The third-order valence-corrected chi connectivity index (χ3v) is 3.25. The largest absolute Gasteiger partial charge is 0.368 e. The molecule has 0 aromatic heterocycles. The lowest BCUT2D eigenvalue weighted by Crippen LogP contribution is -2.50. The number of hydrogen-bond acceptors (Lipinski definition) is 2. The van der Waals surface area contributed by atoms with Crippen LogP contribution in [0.5, 0.6) is 0 Å². The van der Waals surface area contributed by atoms with Crippen LogP contribution in [-0.2, 0) is 0 Å². The molecule has 1 N–H and O–H groups in total. The summed E-state index contributed by atoms with van der Waals surface area (Å²) in [6.07, 6.45) is 1.14. The Labute approximate surface area is 96.5 Å². The summed E-state index contributed by atoms with van der Waals surface area (Å²) >= 11 is 0. The van der Waals surface area contributed by atoms with Gasteiger partial charge in [-0.25, -0.2) is 4.39 Å². The van der Waals surface area contributed by atoms with E-state index in [0.717, 1.165) is 31.6 Å². The second-order valence-corrected chi connectivity index (χ2v) is 4.44. The Balaban J connectivity index is 2.16. The third kappa shape index (κ3) is 2.35. The fourth-order valence-corrected chi connectivity index (χ4v) is 2.29. The van der Waals surface area contributed by atoms with Crippen molar-refractivity contribution in [3.8, 4) is 0 Å². The van der Waals surface area contributed by atoms with E-state index in [2.05, 4.69) is 17.1 Å². The summed E-state index contributed by atoms with van der Waals surface area (Å²) < 4.78 is 13.0. The first-order chi connectivity index (χ1) is 7.70. The molecule has 16 heavy (non-hydrogen) atoms. The van der Waals surface area contributed by atoms with Crippen molar-refractivity contribution in [3.63, 3.8) is 0 Å². The quantitative estimate of drug-likeness (QED) is 0.826. The Hall–Kier alpha value is -1.09. The van der Waals surface area contributed by atoms with Crippen LogP contribution >= 0.6 is 0 Å². The lowest BCUT2D eigenvalue weighted by molar-refractivity contribution is 0.446. The number of piperazine rings is 1. The minimum atomic E-state index is -0.150. The maximum atomic E-state index is 13.0. The molecule has 0 radical (unpaired) electrons. The average Bonchev–Trinajstić information content (AvgIpc) is 2.29. The highest BCUT2D eigenvalue weighted by Gasteiger charge is 2.19. The van der Waals surface area contributed by atoms with E-state index in [0.29, 0.717) is 6.04 Å². The third-order valence-electron chi connectivity index (χ3n) is 3.25. The van der Waals surface area contributed by atoms with Crippen molar-refractivity contribution < 1.29 is 4.39 Å². The molecule has 1 aliphatic heterocycles. The van der Waals surface area contributed by atoms with E-state index in [-0.39, 0.29) is 5.82 Å². The van der Waals surface area contributed by atoms with Crippen LogP contribution in [0.4, 0.5) is 10.1 Å². The number of rotatable bonds is 2.